The molecule has 0 spiro atoms. The van der Waals surface area contributed by atoms with E-state index in [2.05, 4.69) is 25.5 Å². The zero-order chi connectivity index (χ0) is 11.0. The van der Waals surface area contributed by atoms with Gasteiger partial charge in [-0.05, 0) is 41.4 Å². The van der Waals surface area contributed by atoms with Crippen molar-refractivity contribution in [3.63, 3.8) is 0 Å². The number of rotatable bonds is 2. The lowest BCUT2D eigenvalue weighted by atomic mass is 10.1. The first-order valence-corrected chi connectivity index (χ1v) is 5.37. The molecule has 0 saturated carbocycles. The van der Waals surface area contributed by atoms with E-state index in [0.717, 1.165) is 31.9 Å². The Hall–Kier alpha value is -1.76. The molecule has 2 aromatic heterocycles. The van der Waals surface area contributed by atoms with Gasteiger partial charge < -0.3 is 10.6 Å². The molecule has 1 aliphatic rings. The van der Waals surface area contributed by atoms with Gasteiger partial charge in [0.15, 0.2) is 11.5 Å². The highest BCUT2D eigenvalue weighted by Gasteiger charge is 2.22. The van der Waals surface area contributed by atoms with Crippen LogP contribution in [0.5, 0.6) is 0 Å². The van der Waals surface area contributed by atoms with Crippen molar-refractivity contribution in [2.24, 2.45) is 11.7 Å². The normalized spacial score (nSPS) is 20.8. The Morgan fingerprint density at radius 3 is 3.19 bits per heavy atom. The van der Waals surface area contributed by atoms with Crippen LogP contribution in [0.4, 0.5) is 5.82 Å². The molecule has 0 bridgehead atoms. The lowest BCUT2D eigenvalue weighted by molar-refractivity contribution is 0.601. The van der Waals surface area contributed by atoms with E-state index in [1.54, 1.807) is 0 Å². The highest BCUT2D eigenvalue weighted by atomic mass is 15.6. The third kappa shape index (κ3) is 1.49. The topological polar surface area (TPSA) is 85.2 Å². The van der Waals surface area contributed by atoms with E-state index in [1.807, 2.05) is 12.1 Å². The van der Waals surface area contributed by atoms with Crippen LogP contribution in [-0.2, 0) is 0 Å². The Bertz CT molecular complexity index is 493. The Labute approximate surface area is 92.2 Å². The number of nitrogens with zero attached hydrogens (tertiary/aromatic N) is 6. The summed E-state index contributed by atoms with van der Waals surface area (Å²) in [4.78, 5) is 2.22. The van der Waals surface area contributed by atoms with Gasteiger partial charge >= 0.3 is 0 Å². The van der Waals surface area contributed by atoms with Gasteiger partial charge in [0.2, 0.25) is 0 Å². The lowest BCUT2D eigenvalue weighted by Crippen LogP contribution is -2.24. The van der Waals surface area contributed by atoms with Crippen LogP contribution in [0.15, 0.2) is 12.1 Å². The molecular weight excluding hydrogens is 206 g/mol. The second-order valence-electron chi connectivity index (χ2n) is 4.05. The maximum Gasteiger partial charge on any atom is 0.200 e. The van der Waals surface area contributed by atoms with Gasteiger partial charge in [0.25, 0.3) is 0 Å². The molecule has 0 amide bonds. The van der Waals surface area contributed by atoms with Crippen LogP contribution >= 0.6 is 0 Å². The molecule has 3 rings (SSSR count). The molecule has 3 heterocycles. The average molecular weight is 219 g/mol. The molecule has 2 aromatic rings. The molecule has 2 N–H and O–H groups in total. The van der Waals surface area contributed by atoms with Crippen molar-refractivity contribution in [3.8, 4) is 0 Å². The molecule has 1 atom stereocenters. The van der Waals surface area contributed by atoms with Gasteiger partial charge in [-0.2, -0.15) is 0 Å². The van der Waals surface area contributed by atoms with Gasteiger partial charge in [-0.1, -0.05) is 0 Å². The summed E-state index contributed by atoms with van der Waals surface area (Å²) in [5.74, 6) is 1.49. The number of fused-ring (bicyclic) bond motifs is 1. The largest absolute Gasteiger partial charge is 0.355 e. The van der Waals surface area contributed by atoms with E-state index in [0.29, 0.717) is 11.6 Å². The summed E-state index contributed by atoms with van der Waals surface area (Å²) in [7, 11) is 0. The summed E-state index contributed by atoms with van der Waals surface area (Å²) >= 11 is 0. The fourth-order valence-electron chi connectivity index (χ4n) is 2.04. The summed E-state index contributed by atoms with van der Waals surface area (Å²) < 4.78 is 1.45. The first kappa shape index (κ1) is 9.46. The van der Waals surface area contributed by atoms with Gasteiger partial charge in [0.05, 0.1) is 0 Å². The van der Waals surface area contributed by atoms with Crippen molar-refractivity contribution in [2.45, 2.75) is 6.42 Å². The highest BCUT2D eigenvalue weighted by Crippen LogP contribution is 2.20. The van der Waals surface area contributed by atoms with Gasteiger partial charge in [-0.3, -0.25) is 0 Å². The summed E-state index contributed by atoms with van der Waals surface area (Å²) in [5.41, 5.74) is 6.33. The maximum absolute atomic E-state index is 5.66. The van der Waals surface area contributed by atoms with Gasteiger partial charge in [0.1, 0.15) is 0 Å². The number of tetrazole rings is 1. The van der Waals surface area contributed by atoms with Crippen LogP contribution in [0.3, 0.4) is 0 Å². The number of hydrogen-bond donors (Lipinski definition) is 1. The predicted octanol–water partition coefficient (Wildman–Crippen LogP) is -0.696. The number of hydrogen-bond acceptors (Lipinski definition) is 6. The van der Waals surface area contributed by atoms with Crippen molar-refractivity contribution in [2.75, 3.05) is 24.5 Å². The third-order valence-corrected chi connectivity index (χ3v) is 3.00. The van der Waals surface area contributed by atoms with Gasteiger partial charge in [-0.15, -0.1) is 14.8 Å². The van der Waals surface area contributed by atoms with E-state index in [9.17, 15) is 0 Å². The lowest BCUT2D eigenvalue weighted by Gasteiger charge is -2.16. The van der Waals surface area contributed by atoms with Crippen LogP contribution < -0.4 is 10.6 Å². The third-order valence-electron chi connectivity index (χ3n) is 3.00. The van der Waals surface area contributed by atoms with Crippen molar-refractivity contribution in [3.05, 3.63) is 12.1 Å². The molecule has 0 aromatic carbocycles. The molecule has 1 saturated heterocycles. The number of nitrogens with two attached hydrogens (primary N) is 1. The molecule has 1 aliphatic heterocycles. The number of anilines is 1. The van der Waals surface area contributed by atoms with Crippen LogP contribution in [0.25, 0.3) is 5.65 Å². The summed E-state index contributed by atoms with van der Waals surface area (Å²) in [6.07, 6.45) is 1.13. The first-order chi connectivity index (χ1) is 7.86. The number of aromatic nitrogens is 5. The van der Waals surface area contributed by atoms with E-state index < -0.39 is 0 Å². The molecule has 0 aliphatic carbocycles. The first-order valence-electron chi connectivity index (χ1n) is 5.37. The fourth-order valence-corrected chi connectivity index (χ4v) is 2.04. The monoisotopic (exact) mass is 219 g/mol. The Balaban J connectivity index is 1.88. The van der Waals surface area contributed by atoms with E-state index in [-0.39, 0.29) is 0 Å². The summed E-state index contributed by atoms with van der Waals surface area (Å²) in [5, 5.41) is 15.5. The smallest absolute Gasteiger partial charge is 0.200 e. The van der Waals surface area contributed by atoms with Crippen molar-refractivity contribution >= 4 is 11.5 Å². The van der Waals surface area contributed by atoms with Gasteiger partial charge in [0, 0.05) is 13.1 Å². The fraction of sp³-hybridized carbons (Fsp3) is 0.556. The Kier molecular flexibility index (Phi) is 2.17. The van der Waals surface area contributed by atoms with Crippen molar-refractivity contribution < 1.29 is 0 Å². The molecular formula is C9H13N7. The molecule has 1 unspecified atom stereocenters. The molecule has 7 heteroatoms. The molecule has 7 nitrogen and oxygen atoms in total. The molecule has 84 valence electrons. The second-order valence-corrected chi connectivity index (χ2v) is 4.05. The minimum Gasteiger partial charge on any atom is -0.355 e. The van der Waals surface area contributed by atoms with Crippen LogP contribution in [0.2, 0.25) is 0 Å². The van der Waals surface area contributed by atoms with Crippen LogP contribution in [0.1, 0.15) is 6.42 Å². The van der Waals surface area contributed by atoms with E-state index in [4.69, 9.17) is 5.73 Å². The van der Waals surface area contributed by atoms with Crippen molar-refractivity contribution in [1.29, 1.82) is 0 Å². The van der Waals surface area contributed by atoms with E-state index in [1.165, 1.54) is 4.63 Å². The Morgan fingerprint density at radius 2 is 2.38 bits per heavy atom. The molecule has 0 radical (unpaired) electrons. The summed E-state index contributed by atoms with van der Waals surface area (Å²) in [6.45, 7) is 2.71. The minimum atomic E-state index is 0.575. The second kappa shape index (κ2) is 3.67. The Morgan fingerprint density at radius 1 is 1.44 bits per heavy atom. The maximum atomic E-state index is 5.66. The zero-order valence-electron chi connectivity index (χ0n) is 8.82. The average Bonchev–Trinajstić information content (AvgIpc) is 2.96. The quantitative estimate of drug-likeness (QED) is 0.719. The molecule has 1 fully saturated rings. The van der Waals surface area contributed by atoms with Crippen molar-refractivity contribution in [1.82, 2.24) is 25.3 Å². The standard InChI is InChI=1S/C9H13N7/c10-5-7-3-4-15(6-7)9-2-1-8-11-13-14-16(8)12-9/h1-2,7H,3-6,10H2. The molecule has 16 heavy (non-hydrogen) atoms. The van der Waals surface area contributed by atoms with Crippen LogP contribution in [0, 0.1) is 5.92 Å². The predicted molar refractivity (Wildman–Crippen MR) is 58.0 cm³/mol. The summed E-state index contributed by atoms with van der Waals surface area (Å²) in [6, 6.07) is 3.82. The van der Waals surface area contributed by atoms with Gasteiger partial charge in [-0.25, -0.2) is 0 Å². The SMILES string of the molecule is NCC1CCN(c2ccc3nnnn3n2)C1. The minimum absolute atomic E-state index is 0.575. The highest BCUT2D eigenvalue weighted by molar-refractivity contribution is 5.44. The van der Waals surface area contributed by atoms with E-state index >= 15 is 0 Å². The zero-order valence-corrected chi connectivity index (χ0v) is 8.82. The van der Waals surface area contributed by atoms with Crippen LogP contribution in [-0.4, -0.2) is 44.9 Å².